The summed E-state index contributed by atoms with van der Waals surface area (Å²) in [6, 6.07) is 57.4. The van der Waals surface area contributed by atoms with E-state index in [4.69, 9.17) is 15.0 Å². The highest BCUT2D eigenvalue weighted by Crippen LogP contribution is 2.34. The van der Waals surface area contributed by atoms with Gasteiger partial charge in [0, 0.05) is 67.6 Å². The van der Waals surface area contributed by atoms with Crippen LogP contribution in [0.5, 0.6) is 0 Å². The quantitative estimate of drug-likeness (QED) is 0.167. The lowest BCUT2D eigenvalue weighted by molar-refractivity contribution is 1.36. The molecule has 0 radical (unpaired) electrons. The Morgan fingerprint density at radius 1 is 0.276 bits per heavy atom. The summed E-state index contributed by atoms with van der Waals surface area (Å²) in [5, 5.41) is 8.79. The Labute approximate surface area is 332 Å². The molecule has 6 aromatic heterocycles. The van der Waals surface area contributed by atoms with E-state index in [0.717, 1.165) is 121 Å². The number of hydrogen-bond acceptors (Lipinski definition) is 6. The van der Waals surface area contributed by atoms with Crippen LogP contribution in [0, 0.1) is 0 Å². The molecule has 58 heavy (non-hydrogen) atoms. The van der Waals surface area contributed by atoms with Crippen LogP contribution < -0.4 is 0 Å². The first kappa shape index (κ1) is 32.3. The van der Waals surface area contributed by atoms with Gasteiger partial charge in [0.25, 0.3) is 0 Å². The summed E-state index contributed by atoms with van der Waals surface area (Å²) in [5.74, 6) is 0. The van der Waals surface area contributed by atoms with Crippen molar-refractivity contribution in [3.63, 3.8) is 0 Å². The van der Waals surface area contributed by atoms with E-state index >= 15 is 0 Å². The Balaban J connectivity index is 0.824. The summed E-state index contributed by atoms with van der Waals surface area (Å²) in [5.41, 5.74) is 13.8. The molecule has 0 aliphatic carbocycles. The van der Waals surface area contributed by atoms with Gasteiger partial charge in [-0.25, -0.2) is 15.0 Å². The van der Waals surface area contributed by atoms with Crippen molar-refractivity contribution >= 4 is 76.2 Å². The van der Waals surface area contributed by atoms with Gasteiger partial charge in [0.15, 0.2) is 0 Å². The number of aromatic nitrogens is 6. The zero-order valence-electron chi connectivity index (χ0n) is 31.0. The smallest absolute Gasteiger partial charge is 0.0972 e. The molecule has 6 heteroatoms. The summed E-state index contributed by atoms with van der Waals surface area (Å²) in [4.78, 5) is 29.2. The van der Waals surface area contributed by atoms with Crippen LogP contribution in [0.15, 0.2) is 182 Å². The maximum absolute atomic E-state index is 5.10. The van der Waals surface area contributed by atoms with E-state index in [0.29, 0.717) is 0 Å². The summed E-state index contributed by atoms with van der Waals surface area (Å²) >= 11 is 0. The Bertz CT molecular complexity index is 3650. The standard InChI is InChI=1S/C52H30N6/c1-3-31-5-6-33-12-18-47(58-51(33)49(31)53-24-1)39-10-8-34-27-38(9-7-35(34)28-39)45-21-15-40-29-36(13-19-44(40)56-45)37-14-20-46-41(30-37)16-22-48(57-46)42-23-26-55-52-43(42)17-11-32-4-2-25-54-50(32)52/h1-30H. The number of pyridine rings is 6. The van der Waals surface area contributed by atoms with Crippen molar-refractivity contribution in [3.8, 4) is 44.9 Å². The van der Waals surface area contributed by atoms with Gasteiger partial charge in [0.05, 0.1) is 50.2 Å². The first-order valence-electron chi connectivity index (χ1n) is 19.3. The van der Waals surface area contributed by atoms with Gasteiger partial charge in [-0.2, -0.15) is 0 Å². The van der Waals surface area contributed by atoms with E-state index < -0.39 is 0 Å². The van der Waals surface area contributed by atoms with Gasteiger partial charge in [-0.1, -0.05) is 91.0 Å². The fourth-order valence-corrected chi connectivity index (χ4v) is 8.35. The van der Waals surface area contributed by atoms with Crippen LogP contribution in [-0.2, 0) is 0 Å². The van der Waals surface area contributed by atoms with Crippen molar-refractivity contribution in [3.05, 3.63) is 182 Å². The maximum atomic E-state index is 5.10. The lowest BCUT2D eigenvalue weighted by Gasteiger charge is -2.10. The van der Waals surface area contributed by atoms with E-state index in [1.165, 1.54) is 0 Å². The van der Waals surface area contributed by atoms with E-state index in [2.05, 4.69) is 161 Å². The minimum Gasteiger partial charge on any atom is -0.254 e. The van der Waals surface area contributed by atoms with Crippen molar-refractivity contribution < 1.29 is 0 Å². The largest absolute Gasteiger partial charge is 0.254 e. The van der Waals surface area contributed by atoms with Crippen molar-refractivity contribution in [2.75, 3.05) is 0 Å². The van der Waals surface area contributed by atoms with Crippen molar-refractivity contribution in [1.29, 1.82) is 0 Å². The number of benzene rings is 6. The minimum atomic E-state index is 0.889. The molecule has 0 saturated carbocycles. The van der Waals surface area contributed by atoms with Crippen molar-refractivity contribution in [2.45, 2.75) is 0 Å². The van der Waals surface area contributed by atoms with Crippen LogP contribution in [0.25, 0.3) is 121 Å². The van der Waals surface area contributed by atoms with Gasteiger partial charge in [-0.3, -0.25) is 15.0 Å². The lowest BCUT2D eigenvalue weighted by Crippen LogP contribution is -1.91. The van der Waals surface area contributed by atoms with Crippen molar-refractivity contribution in [1.82, 2.24) is 29.9 Å². The predicted molar refractivity (Wildman–Crippen MR) is 237 cm³/mol. The second-order valence-electron chi connectivity index (χ2n) is 14.8. The van der Waals surface area contributed by atoms with Crippen molar-refractivity contribution in [2.24, 2.45) is 0 Å². The summed E-state index contributed by atoms with van der Waals surface area (Å²) in [6.07, 6.45) is 5.49. The van der Waals surface area contributed by atoms with Crippen LogP contribution >= 0.6 is 0 Å². The zero-order valence-corrected chi connectivity index (χ0v) is 31.0. The third-order valence-corrected chi connectivity index (χ3v) is 11.3. The highest BCUT2D eigenvalue weighted by Gasteiger charge is 2.13. The van der Waals surface area contributed by atoms with E-state index in [1.54, 1.807) is 0 Å². The molecule has 0 saturated heterocycles. The molecule has 0 amide bonds. The van der Waals surface area contributed by atoms with E-state index in [-0.39, 0.29) is 0 Å². The molecule has 6 heterocycles. The number of hydrogen-bond donors (Lipinski definition) is 0. The Hall–Kier alpha value is -7.96. The van der Waals surface area contributed by atoms with Gasteiger partial charge in [-0.15, -0.1) is 0 Å². The Morgan fingerprint density at radius 3 is 1.41 bits per heavy atom. The first-order chi connectivity index (χ1) is 28.7. The SMILES string of the molecule is c1cnc2c(c1)ccc1ccc(-c3ccc4cc(-c5ccc6cc(-c7ccc8nc(-c9ccnc%10c9ccc9cccnc9%10)ccc8c7)ccc6n5)ccc4c3)nc12. The first-order valence-corrected chi connectivity index (χ1v) is 19.3. The van der Waals surface area contributed by atoms with E-state index in [1.807, 2.05) is 36.8 Å². The molecule has 0 spiro atoms. The molecular weight excluding hydrogens is 709 g/mol. The fraction of sp³-hybridized carbons (Fsp3) is 0. The number of rotatable bonds is 4. The highest BCUT2D eigenvalue weighted by molar-refractivity contribution is 6.08. The lowest BCUT2D eigenvalue weighted by atomic mass is 9.99. The third-order valence-electron chi connectivity index (χ3n) is 11.3. The van der Waals surface area contributed by atoms with Crippen LogP contribution in [-0.4, -0.2) is 29.9 Å². The monoisotopic (exact) mass is 738 g/mol. The molecular formula is C52H30N6. The average molecular weight is 739 g/mol. The Kier molecular flexibility index (Phi) is 7.13. The van der Waals surface area contributed by atoms with Crippen LogP contribution in [0.2, 0.25) is 0 Å². The second kappa shape index (κ2) is 12.8. The summed E-state index contributed by atoms with van der Waals surface area (Å²) in [7, 11) is 0. The summed E-state index contributed by atoms with van der Waals surface area (Å²) < 4.78 is 0. The van der Waals surface area contributed by atoms with Crippen LogP contribution in [0.3, 0.4) is 0 Å². The topological polar surface area (TPSA) is 77.3 Å². The molecule has 12 rings (SSSR count). The zero-order chi connectivity index (χ0) is 38.2. The molecule has 268 valence electrons. The average Bonchev–Trinajstić information content (AvgIpc) is 3.30. The summed E-state index contributed by atoms with van der Waals surface area (Å²) in [6.45, 7) is 0. The molecule has 0 aliphatic heterocycles. The second-order valence-corrected chi connectivity index (χ2v) is 14.8. The Morgan fingerprint density at radius 2 is 0.741 bits per heavy atom. The molecule has 0 atom stereocenters. The number of nitrogens with zero attached hydrogens (tertiary/aromatic N) is 6. The third kappa shape index (κ3) is 5.34. The molecule has 0 bridgehead atoms. The molecule has 12 aromatic rings. The predicted octanol–water partition coefficient (Wildman–Crippen LogP) is 12.8. The molecule has 0 unspecified atom stereocenters. The van der Waals surface area contributed by atoms with Crippen LogP contribution in [0.4, 0.5) is 0 Å². The van der Waals surface area contributed by atoms with Gasteiger partial charge < -0.3 is 0 Å². The normalized spacial score (nSPS) is 11.8. The molecule has 0 N–H and O–H groups in total. The van der Waals surface area contributed by atoms with Gasteiger partial charge in [-0.05, 0) is 94.7 Å². The molecule has 0 fully saturated rings. The molecule has 0 aliphatic rings. The highest BCUT2D eigenvalue weighted by atomic mass is 14.8. The minimum absolute atomic E-state index is 0.889. The fourth-order valence-electron chi connectivity index (χ4n) is 8.35. The van der Waals surface area contributed by atoms with Crippen LogP contribution in [0.1, 0.15) is 0 Å². The molecule has 6 nitrogen and oxygen atoms in total. The molecule has 6 aromatic carbocycles. The van der Waals surface area contributed by atoms with E-state index in [9.17, 15) is 0 Å². The van der Waals surface area contributed by atoms with Gasteiger partial charge >= 0.3 is 0 Å². The number of fused-ring (bicyclic) bond motifs is 9. The van der Waals surface area contributed by atoms with Gasteiger partial charge in [0.1, 0.15) is 0 Å². The van der Waals surface area contributed by atoms with Gasteiger partial charge in [0.2, 0.25) is 0 Å². The maximum Gasteiger partial charge on any atom is 0.0972 e.